The van der Waals surface area contributed by atoms with Crippen molar-refractivity contribution in [3.8, 4) is 44.5 Å². The molecule has 12 aromatic rings. The molecule has 2 heteroatoms. The average molecular weight is 858 g/mol. The summed E-state index contributed by atoms with van der Waals surface area (Å²) in [5.41, 5.74) is 13.5. The summed E-state index contributed by atoms with van der Waals surface area (Å²) in [5.74, 6) is 0. The zero-order chi connectivity index (χ0) is 47.8. The zero-order valence-electron chi connectivity index (χ0n) is 40.4. The van der Waals surface area contributed by atoms with Crippen LogP contribution in [0.15, 0.2) is 265 Å². The highest BCUT2D eigenvalue weighted by molar-refractivity contribution is 6.19. The molecule has 0 radical (unpaired) electrons. The van der Waals surface area contributed by atoms with Gasteiger partial charge in [-0.3, -0.25) is 0 Å². The molecule has 0 amide bonds. The number of fused-ring (bicyclic) bond motifs is 8. The molecule has 0 saturated carbocycles. The molecule has 67 heavy (non-hydrogen) atoms. The first-order valence-corrected chi connectivity index (χ1v) is 22.8. The van der Waals surface area contributed by atoms with Gasteiger partial charge in [0, 0.05) is 33.1 Å². The summed E-state index contributed by atoms with van der Waals surface area (Å²) in [7, 11) is 0. The lowest BCUT2D eigenvalue weighted by molar-refractivity contribution is 0.673. The Morgan fingerprint density at radius 3 is 1.75 bits per heavy atom. The Hall–Kier alpha value is -8.72. The molecule has 13 rings (SSSR count). The summed E-state index contributed by atoms with van der Waals surface area (Å²) in [5, 5.41) is 4.05. The van der Waals surface area contributed by atoms with Crippen molar-refractivity contribution >= 4 is 49.8 Å². The Balaban J connectivity index is 1.10. The van der Waals surface area contributed by atoms with Crippen molar-refractivity contribution in [1.82, 2.24) is 0 Å². The summed E-state index contributed by atoms with van der Waals surface area (Å²) in [6, 6.07) is 80.3. The van der Waals surface area contributed by atoms with Crippen LogP contribution in [0.25, 0.3) is 77.2 Å². The molecule has 314 valence electrons. The van der Waals surface area contributed by atoms with Gasteiger partial charge < -0.3 is 9.32 Å². The molecule has 0 fully saturated rings. The van der Waals surface area contributed by atoms with Crippen molar-refractivity contribution in [2.75, 3.05) is 4.90 Å². The Labute approximate surface area is 395 Å². The SMILES string of the molecule is [2H]c1c([2H])c(N(c2ccc3c(c2)C(c2ccccc2)(c2ccccc2)c2ccccc2-3)c2ccccc2-c2cccc3oc4c5ccccc5ccc4c23)c([2H])c([2H])c1-c1cccc(-c2ccccc2)c1. The Bertz CT molecular complexity index is 3990. The third-order valence-corrected chi connectivity index (χ3v) is 13.6. The van der Waals surface area contributed by atoms with E-state index in [1.165, 1.54) is 0 Å². The number of benzene rings is 11. The maximum absolute atomic E-state index is 10.1. The van der Waals surface area contributed by atoms with Crippen LogP contribution >= 0.6 is 0 Å². The van der Waals surface area contributed by atoms with Crippen LogP contribution in [-0.4, -0.2) is 0 Å². The Kier molecular flexibility index (Phi) is 8.15. The molecular formula is C65H43NO. The largest absolute Gasteiger partial charge is 0.455 e. The summed E-state index contributed by atoms with van der Waals surface area (Å²) in [6.45, 7) is 0. The van der Waals surface area contributed by atoms with Crippen LogP contribution in [0, 0.1) is 0 Å². The van der Waals surface area contributed by atoms with Crippen molar-refractivity contribution < 1.29 is 9.90 Å². The van der Waals surface area contributed by atoms with Gasteiger partial charge in [-0.15, -0.1) is 0 Å². The zero-order valence-corrected chi connectivity index (χ0v) is 36.4. The summed E-state index contributed by atoms with van der Waals surface area (Å²) in [6.07, 6.45) is 0. The van der Waals surface area contributed by atoms with Gasteiger partial charge in [0.1, 0.15) is 11.2 Å². The fourth-order valence-electron chi connectivity index (χ4n) is 10.7. The molecule has 1 aromatic heterocycles. The molecule has 0 bridgehead atoms. The smallest absolute Gasteiger partial charge is 0.143 e. The number of rotatable bonds is 8. The quantitative estimate of drug-likeness (QED) is 0.151. The van der Waals surface area contributed by atoms with Crippen LogP contribution in [0.2, 0.25) is 0 Å². The van der Waals surface area contributed by atoms with Gasteiger partial charge >= 0.3 is 0 Å². The van der Waals surface area contributed by atoms with Crippen LogP contribution in [0.1, 0.15) is 27.7 Å². The van der Waals surface area contributed by atoms with Crippen molar-refractivity contribution in [2.45, 2.75) is 5.41 Å². The second kappa shape index (κ2) is 15.8. The molecule has 11 aromatic carbocycles. The van der Waals surface area contributed by atoms with Gasteiger partial charge in [-0.05, 0) is 115 Å². The third kappa shape index (κ3) is 6.18. The lowest BCUT2D eigenvalue weighted by Crippen LogP contribution is -2.28. The van der Waals surface area contributed by atoms with Gasteiger partial charge in [0.05, 0.1) is 16.6 Å². The molecule has 0 spiro atoms. The maximum Gasteiger partial charge on any atom is 0.143 e. The van der Waals surface area contributed by atoms with E-state index in [9.17, 15) is 5.48 Å². The van der Waals surface area contributed by atoms with Gasteiger partial charge in [0.15, 0.2) is 0 Å². The topological polar surface area (TPSA) is 16.4 Å². The number of nitrogens with zero attached hydrogens (tertiary/aromatic N) is 1. The summed E-state index contributed by atoms with van der Waals surface area (Å²) < 4.78 is 46.6. The molecule has 1 aliphatic rings. The third-order valence-electron chi connectivity index (χ3n) is 13.6. The van der Waals surface area contributed by atoms with Crippen molar-refractivity contribution in [3.05, 3.63) is 283 Å². The van der Waals surface area contributed by atoms with Crippen LogP contribution in [0.4, 0.5) is 17.1 Å². The van der Waals surface area contributed by atoms with E-state index < -0.39 is 5.41 Å². The van der Waals surface area contributed by atoms with E-state index in [0.29, 0.717) is 16.9 Å². The molecular weight excluding hydrogens is 811 g/mol. The van der Waals surface area contributed by atoms with Crippen molar-refractivity contribution in [2.24, 2.45) is 0 Å². The minimum atomic E-state index is -0.734. The second-order valence-electron chi connectivity index (χ2n) is 17.2. The first-order valence-electron chi connectivity index (χ1n) is 24.8. The van der Waals surface area contributed by atoms with E-state index in [-0.39, 0.29) is 35.4 Å². The standard InChI is InChI=1S/C65H43NO/c1-4-18-44(19-5-1)47-21-16-22-48(42-47)45-34-37-51(38-35-45)66(61-32-15-13-29-56(61)57-30-17-33-62-63(57)58-40-36-46-20-10-11-27-53(46)64(58)67-62)52-39-41-55-54-28-12-14-31-59(54)65(60(55)43-52,49-23-6-2-7-24-49)50-25-8-3-9-26-50/h1-43H/i34D,35D,37D,38D. The summed E-state index contributed by atoms with van der Waals surface area (Å²) >= 11 is 0. The van der Waals surface area contributed by atoms with Crippen molar-refractivity contribution in [3.63, 3.8) is 0 Å². The number of furan rings is 1. The Morgan fingerprint density at radius 2 is 0.970 bits per heavy atom. The van der Waals surface area contributed by atoms with E-state index >= 15 is 0 Å². The van der Waals surface area contributed by atoms with Gasteiger partial charge in [-0.25, -0.2) is 0 Å². The highest BCUT2D eigenvalue weighted by Crippen LogP contribution is 2.57. The average Bonchev–Trinajstić information content (AvgIpc) is 3.97. The molecule has 0 saturated heterocycles. The number of hydrogen-bond acceptors (Lipinski definition) is 2. The number of anilines is 3. The number of hydrogen-bond donors (Lipinski definition) is 0. The van der Waals surface area contributed by atoms with E-state index in [0.717, 1.165) is 88.3 Å². The second-order valence-corrected chi connectivity index (χ2v) is 17.2. The van der Waals surface area contributed by atoms with E-state index in [4.69, 9.17) is 4.42 Å². The van der Waals surface area contributed by atoms with Crippen LogP contribution in [0.3, 0.4) is 0 Å². The molecule has 0 atom stereocenters. The lowest BCUT2D eigenvalue weighted by atomic mass is 9.67. The molecule has 0 aliphatic heterocycles. The fourth-order valence-corrected chi connectivity index (χ4v) is 10.7. The maximum atomic E-state index is 10.1. The molecule has 0 unspecified atom stereocenters. The van der Waals surface area contributed by atoms with E-state index in [1.54, 1.807) is 0 Å². The molecule has 0 N–H and O–H groups in total. The van der Waals surface area contributed by atoms with Crippen LogP contribution in [-0.2, 0) is 5.41 Å². The first-order chi connectivity index (χ1) is 34.9. The fraction of sp³-hybridized carbons (Fsp3) is 0.0154. The predicted molar refractivity (Wildman–Crippen MR) is 280 cm³/mol. The van der Waals surface area contributed by atoms with Gasteiger partial charge in [0.2, 0.25) is 0 Å². The first kappa shape index (κ1) is 34.7. The lowest BCUT2D eigenvalue weighted by Gasteiger charge is -2.35. The minimum Gasteiger partial charge on any atom is -0.455 e. The minimum absolute atomic E-state index is 0.125. The normalized spacial score (nSPS) is 13.4. The van der Waals surface area contributed by atoms with E-state index in [1.807, 2.05) is 102 Å². The summed E-state index contributed by atoms with van der Waals surface area (Å²) in [4.78, 5) is 1.96. The predicted octanol–water partition coefficient (Wildman–Crippen LogP) is 17.6. The van der Waals surface area contributed by atoms with E-state index in [2.05, 4.69) is 140 Å². The molecule has 1 aliphatic carbocycles. The van der Waals surface area contributed by atoms with Gasteiger partial charge in [0.25, 0.3) is 0 Å². The molecule has 2 nitrogen and oxygen atoms in total. The van der Waals surface area contributed by atoms with Crippen LogP contribution in [0.5, 0.6) is 0 Å². The highest BCUT2D eigenvalue weighted by Gasteiger charge is 2.46. The van der Waals surface area contributed by atoms with Gasteiger partial charge in [-0.1, -0.05) is 212 Å². The highest BCUT2D eigenvalue weighted by atomic mass is 16.3. The van der Waals surface area contributed by atoms with Gasteiger partial charge in [-0.2, -0.15) is 0 Å². The van der Waals surface area contributed by atoms with Crippen molar-refractivity contribution in [1.29, 1.82) is 0 Å². The Morgan fingerprint density at radius 1 is 0.373 bits per heavy atom. The molecule has 1 heterocycles. The van der Waals surface area contributed by atoms with Crippen LogP contribution < -0.4 is 4.90 Å². The monoisotopic (exact) mass is 857 g/mol. The number of para-hydroxylation sites is 1.